The molecule has 8 rings (SSSR count). The van der Waals surface area contributed by atoms with Gasteiger partial charge in [0.15, 0.2) is 5.82 Å². The number of rotatable bonds is 10. The normalized spacial score (nSPS) is 24.5. The number of benzene rings is 1. The van der Waals surface area contributed by atoms with Crippen molar-refractivity contribution in [2.45, 2.75) is 107 Å². The molecule has 0 radical (unpaired) electrons. The Labute approximate surface area is 335 Å². The molecule has 3 amide bonds. The number of aromatic nitrogens is 4. The Morgan fingerprint density at radius 2 is 1.55 bits per heavy atom. The maximum atomic E-state index is 15.3. The van der Waals surface area contributed by atoms with Crippen LogP contribution in [0.25, 0.3) is 17.2 Å². The van der Waals surface area contributed by atoms with Crippen LogP contribution in [0.5, 0.6) is 0 Å². The summed E-state index contributed by atoms with van der Waals surface area (Å²) in [6.45, 7) is 1.79. The Balaban J connectivity index is 0.760. The fourth-order valence-electron chi connectivity index (χ4n) is 9.07. The van der Waals surface area contributed by atoms with Crippen LogP contribution < -0.4 is 26.8 Å². The number of carbonyl (C=O) groups excluding carboxylic acids is 3. The molecular formula is C43H49F2N9O4. The highest BCUT2D eigenvalue weighted by Crippen LogP contribution is 2.36. The number of pyridine rings is 2. The smallest absolute Gasteiger partial charge is 0.256 e. The molecule has 4 fully saturated rings. The van der Waals surface area contributed by atoms with Gasteiger partial charge in [-0.25, -0.2) is 23.7 Å². The average molecular weight is 794 g/mol. The Hall–Kier alpha value is -5.57. The molecule has 15 heteroatoms. The lowest BCUT2D eigenvalue weighted by atomic mass is 9.82. The molecule has 1 unspecified atom stereocenters. The van der Waals surface area contributed by atoms with Crippen molar-refractivity contribution < 1.29 is 23.2 Å². The van der Waals surface area contributed by atoms with E-state index in [-0.39, 0.29) is 65.1 Å². The third-order valence-electron chi connectivity index (χ3n) is 12.3. The Bertz CT molecular complexity index is 2190. The standard InChI is InChI=1S/C43H49F2N9O4/c44-33-24-30(47-36-17-18-38(55)51-42(36)58)13-16-32(33)26-19-22-53(23-20-26)31-14-7-27(8-15-31)41(57)48-28-9-11-29(12-10-28)49-43-46-25-34(45)40(52-43)35-4-3-5-37(50-35)54-21-2-1-6-39(54)56/h1-6,13,16,21,24-29,31,36,47H,7-12,14-15,17-20,22-23H2,(H,48,57)(H,46,49,52)(H,51,55,58)/t27-,28?,29?,31-,36?. The fraction of sp³-hybridized carbons (Fsp3) is 0.465. The van der Waals surface area contributed by atoms with Gasteiger partial charge in [0.05, 0.1) is 11.9 Å². The number of carbonyl (C=O) groups is 3. The molecular weight excluding hydrogens is 745 g/mol. The number of hydrogen-bond donors (Lipinski definition) is 4. The van der Waals surface area contributed by atoms with E-state index in [1.165, 1.54) is 16.7 Å². The minimum absolute atomic E-state index is 0.00435. The van der Waals surface area contributed by atoms with E-state index in [4.69, 9.17) is 0 Å². The first-order chi connectivity index (χ1) is 28.2. The van der Waals surface area contributed by atoms with Gasteiger partial charge in [0.25, 0.3) is 5.56 Å². The molecule has 3 aromatic heterocycles. The van der Waals surface area contributed by atoms with E-state index in [1.54, 1.807) is 36.5 Å². The van der Waals surface area contributed by atoms with Crippen LogP contribution >= 0.6 is 0 Å². The Kier molecular flexibility index (Phi) is 11.9. The zero-order chi connectivity index (χ0) is 40.2. The number of nitrogens with zero attached hydrogens (tertiary/aromatic N) is 5. The van der Waals surface area contributed by atoms with Crippen molar-refractivity contribution in [1.29, 1.82) is 0 Å². The number of hydrogen-bond acceptors (Lipinski definition) is 10. The van der Waals surface area contributed by atoms with E-state index in [9.17, 15) is 23.6 Å². The first-order valence-electron chi connectivity index (χ1n) is 20.6. The summed E-state index contributed by atoms with van der Waals surface area (Å²) in [6, 6.07) is 15.0. The van der Waals surface area contributed by atoms with Gasteiger partial charge in [-0.1, -0.05) is 18.2 Å². The van der Waals surface area contributed by atoms with E-state index in [1.807, 2.05) is 12.1 Å². The van der Waals surface area contributed by atoms with Crippen LogP contribution in [0.3, 0.4) is 0 Å². The van der Waals surface area contributed by atoms with Crippen LogP contribution in [0.2, 0.25) is 0 Å². The lowest BCUT2D eigenvalue weighted by Crippen LogP contribution is -2.47. The van der Waals surface area contributed by atoms with Gasteiger partial charge in [0, 0.05) is 48.4 Å². The molecule has 58 heavy (non-hydrogen) atoms. The summed E-state index contributed by atoms with van der Waals surface area (Å²) >= 11 is 0. The number of imide groups is 1. The second-order valence-electron chi connectivity index (χ2n) is 16.1. The quantitative estimate of drug-likeness (QED) is 0.152. The topological polar surface area (TPSA) is 163 Å². The van der Waals surface area contributed by atoms with Gasteiger partial charge < -0.3 is 20.9 Å². The van der Waals surface area contributed by atoms with Crippen molar-refractivity contribution >= 4 is 29.4 Å². The predicted molar refractivity (Wildman–Crippen MR) is 214 cm³/mol. The second-order valence-corrected chi connectivity index (χ2v) is 16.1. The van der Waals surface area contributed by atoms with Gasteiger partial charge in [-0.15, -0.1) is 0 Å². The maximum Gasteiger partial charge on any atom is 0.256 e. The van der Waals surface area contributed by atoms with Crippen LogP contribution in [-0.2, 0) is 14.4 Å². The van der Waals surface area contributed by atoms with E-state index < -0.39 is 11.9 Å². The summed E-state index contributed by atoms with van der Waals surface area (Å²) in [5.74, 6) is -0.612. The summed E-state index contributed by atoms with van der Waals surface area (Å²) in [5.41, 5.74) is 1.33. The third-order valence-corrected chi connectivity index (χ3v) is 12.3. The number of anilines is 2. The van der Waals surface area contributed by atoms with Crippen LogP contribution in [-0.4, -0.2) is 79.4 Å². The SMILES string of the molecule is O=C1CCC(Nc2ccc(C3CCN([C@H]4CC[C@H](C(=O)NC5CCC(Nc6ncc(F)c(-c7cccc(-n8ccccc8=O)n7)n6)CC5)CC4)CC3)c(F)c2)C(=O)N1. The molecule has 4 aromatic rings. The van der Waals surface area contributed by atoms with Crippen molar-refractivity contribution in [3.05, 3.63) is 94.5 Å². The van der Waals surface area contributed by atoms with Crippen molar-refractivity contribution in [3.8, 4) is 17.2 Å². The fourth-order valence-corrected chi connectivity index (χ4v) is 9.07. The number of nitrogens with one attached hydrogen (secondary N) is 4. The minimum Gasteiger partial charge on any atom is -0.374 e. The molecule has 2 aliphatic heterocycles. The minimum atomic E-state index is -0.611. The Morgan fingerprint density at radius 1 is 0.776 bits per heavy atom. The van der Waals surface area contributed by atoms with E-state index in [0.29, 0.717) is 41.2 Å². The molecule has 2 aliphatic carbocycles. The molecule has 304 valence electrons. The summed E-state index contributed by atoms with van der Waals surface area (Å²) in [6.07, 6.45) is 12.0. The van der Waals surface area contributed by atoms with Gasteiger partial charge >= 0.3 is 0 Å². The van der Waals surface area contributed by atoms with Crippen LogP contribution in [0.1, 0.15) is 88.5 Å². The highest BCUT2D eigenvalue weighted by molar-refractivity contribution is 6.01. The first kappa shape index (κ1) is 39.3. The summed E-state index contributed by atoms with van der Waals surface area (Å²) in [5, 5.41) is 12.1. The van der Waals surface area contributed by atoms with E-state index in [0.717, 1.165) is 83.5 Å². The van der Waals surface area contributed by atoms with Crippen molar-refractivity contribution in [2.75, 3.05) is 23.7 Å². The molecule has 4 aliphatic rings. The van der Waals surface area contributed by atoms with E-state index >= 15 is 4.39 Å². The molecule has 13 nitrogen and oxygen atoms in total. The third kappa shape index (κ3) is 9.09. The first-order valence-corrected chi connectivity index (χ1v) is 20.6. The molecule has 2 saturated heterocycles. The van der Waals surface area contributed by atoms with Crippen molar-refractivity contribution in [3.63, 3.8) is 0 Å². The van der Waals surface area contributed by atoms with Crippen LogP contribution in [0.15, 0.2) is 71.8 Å². The number of likely N-dealkylation sites (tertiary alicyclic amines) is 1. The van der Waals surface area contributed by atoms with Gasteiger partial charge in [-0.3, -0.25) is 29.1 Å². The molecule has 4 N–H and O–H groups in total. The summed E-state index contributed by atoms with van der Waals surface area (Å²) in [7, 11) is 0. The van der Waals surface area contributed by atoms with Gasteiger partial charge in [-0.05, 0) is 126 Å². The van der Waals surface area contributed by atoms with Crippen LogP contribution in [0, 0.1) is 17.6 Å². The highest BCUT2D eigenvalue weighted by Gasteiger charge is 2.34. The maximum absolute atomic E-state index is 15.3. The lowest BCUT2D eigenvalue weighted by Gasteiger charge is -2.41. The molecule has 1 aromatic carbocycles. The number of halogens is 2. The van der Waals surface area contributed by atoms with Gasteiger partial charge in [0.2, 0.25) is 23.7 Å². The predicted octanol–water partition coefficient (Wildman–Crippen LogP) is 5.46. The monoisotopic (exact) mass is 793 g/mol. The number of amides is 3. The highest BCUT2D eigenvalue weighted by atomic mass is 19.1. The molecule has 0 bridgehead atoms. The second kappa shape index (κ2) is 17.5. The molecule has 2 saturated carbocycles. The largest absolute Gasteiger partial charge is 0.374 e. The zero-order valence-electron chi connectivity index (χ0n) is 32.3. The number of piperidine rings is 2. The summed E-state index contributed by atoms with van der Waals surface area (Å²) < 4.78 is 31.6. The van der Waals surface area contributed by atoms with Gasteiger partial charge in [-0.2, -0.15) is 0 Å². The van der Waals surface area contributed by atoms with Crippen molar-refractivity contribution in [1.82, 2.24) is 35.1 Å². The zero-order valence-corrected chi connectivity index (χ0v) is 32.3. The lowest BCUT2D eigenvalue weighted by molar-refractivity contribution is -0.133. The molecule has 0 spiro atoms. The van der Waals surface area contributed by atoms with Crippen LogP contribution in [0.4, 0.5) is 20.4 Å². The van der Waals surface area contributed by atoms with Crippen molar-refractivity contribution in [2.24, 2.45) is 5.92 Å². The molecule has 1 atom stereocenters. The van der Waals surface area contributed by atoms with Gasteiger partial charge in [0.1, 0.15) is 23.4 Å². The summed E-state index contributed by atoms with van der Waals surface area (Å²) in [4.78, 5) is 64.9. The molecule has 5 heterocycles. The average Bonchev–Trinajstić information content (AvgIpc) is 3.24. The van der Waals surface area contributed by atoms with E-state index in [2.05, 4.69) is 41.1 Å². The Morgan fingerprint density at radius 3 is 2.29 bits per heavy atom.